The van der Waals surface area contributed by atoms with E-state index in [1.165, 1.54) is 13.5 Å². The molecule has 1 aromatic heterocycles. The highest BCUT2D eigenvalue weighted by Crippen LogP contribution is 2.18. The molecule has 0 bridgehead atoms. The van der Waals surface area contributed by atoms with Crippen LogP contribution in [0.15, 0.2) is 12.3 Å². The summed E-state index contributed by atoms with van der Waals surface area (Å²) in [5, 5.41) is 6.86. The molecule has 1 rings (SSSR count). The molecule has 6 nitrogen and oxygen atoms in total. The Hall–Kier alpha value is -1.56. The molecular formula is C15H30N4O2. The van der Waals surface area contributed by atoms with Crippen molar-refractivity contribution in [3.63, 3.8) is 0 Å². The predicted octanol–water partition coefficient (Wildman–Crippen LogP) is 2.58. The molecular weight excluding hydrogens is 268 g/mol. The van der Waals surface area contributed by atoms with Crippen LogP contribution in [-0.2, 0) is 11.8 Å². The minimum atomic E-state index is -0.390. The van der Waals surface area contributed by atoms with E-state index in [0.29, 0.717) is 6.54 Å². The molecule has 0 fully saturated rings. The highest BCUT2D eigenvalue weighted by atomic mass is 16.5. The third-order valence-corrected chi connectivity index (χ3v) is 3.09. The summed E-state index contributed by atoms with van der Waals surface area (Å²) in [5.41, 5.74) is 1.16. The number of aryl methyl sites for hydroxylation is 1. The van der Waals surface area contributed by atoms with Gasteiger partial charge in [0.05, 0.1) is 12.8 Å². The number of aromatic nitrogens is 2. The molecule has 0 aliphatic carbocycles. The lowest BCUT2D eigenvalue weighted by molar-refractivity contribution is 0.165. The summed E-state index contributed by atoms with van der Waals surface area (Å²) in [6, 6.07) is 2.28. The normalized spacial score (nSPS) is 11.6. The van der Waals surface area contributed by atoms with Gasteiger partial charge in [-0.25, -0.2) is 4.79 Å². The number of ether oxygens (including phenoxy) is 1. The van der Waals surface area contributed by atoms with E-state index in [1.54, 1.807) is 6.20 Å². The van der Waals surface area contributed by atoms with Crippen LogP contribution >= 0.6 is 0 Å². The van der Waals surface area contributed by atoms with Gasteiger partial charge >= 0.3 is 6.09 Å². The van der Waals surface area contributed by atoms with Crippen molar-refractivity contribution in [1.29, 1.82) is 0 Å². The maximum Gasteiger partial charge on any atom is 0.406 e. The molecule has 0 spiro atoms. The van der Waals surface area contributed by atoms with E-state index >= 15 is 0 Å². The quantitative estimate of drug-likeness (QED) is 0.877. The lowest BCUT2D eigenvalue weighted by atomic mass is 10.2. The van der Waals surface area contributed by atoms with Crippen molar-refractivity contribution >= 4 is 6.09 Å². The molecule has 0 aliphatic heterocycles. The van der Waals surface area contributed by atoms with E-state index in [0.717, 1.165) is 18.8 Å². The Balaban J connectivity index is 0.00000122. The molecule has 0 saturated carbocycles. The summed E-state index contributed by atoms with van der Waals surface area (Å²) in [7, 11) is 3.30. The minimum absolute atomic E-state index is 0.266. The first-order valence-electron chi connectivity index (χ1n) is 7.55. The fourth-order valence-corrected chi connectivity index (χ4v) is 1.98. The monoisotopic (exact) mass is 298 g/mol. The zero-order valence-corrected chi connectivity index (χ0v) is 14.2. The van der Waals surface area contributed by atoms with E-state index in [2.05, 4.69) is 47.7 Å². The number of nitrogens with one attached hydrogen (secondary N) is 1. The van der Waals surface area contributed by atoms with Crippen LogP contribution < -0.4 is 5.32 Å². The molecule has 0 saturated heterocycles. The van der Waals surface area contributed by atoms with E-state index in [9.17, 15) is 4.79 Å². The second-order valence-corrected chi connectivity index (χ2v) is 4.81. The zero-order chi connectivity index (χ0) is 16.3. The molecule has 0 radical (unpaired) electrons. The van der Waals surface area contributed by atoms with Crippen LogP contribution in [0.3, 0.4) is 0 Å². The smallest absolute Gasteiger partial charge is 0.406 e. The first kappa shape index (κ1) is 19.4. The Morgan fingerprint density at radius 3 is 2.52 bits per heavy atom. The topological polar surface area (TPSA) is 59.4 Å². The zero-order valence-electron chi connectivity index (χ0n) is 14.2. The van der Waals surface area contributed by atoms with Crippen LogP contribution in [0, 0.1) is 0 Å². The van der Waals surface area contributed by atoms with Crippen LogP contribution in [-0.4, -0.2) is 47.5 Å². The molecule has 1 heterocycles. The average Bonchev–Trinajstić information content (AvgIpc) is 2.89. The number of carbonyl (C=O) groups is 1. The molecule has 1 aromatic rings. The second kappa shape index (κ2) is 11.1. The van der Waals surface area contributed by atoms with Gasteiger partial charge in [-0.1, -0.05) is 27.2 Å². The Labute approximate surface area is 128 Å². The van der Waals surface area contributed by atoms with E-state index < -0.39 is 0 Å². The number of carbonyl (C=O) groups excluding carboxylic acids is 1. The van der Waals surface area contributed by atoms with Crippen molar-refractivity contribution in [3.05, 3.63) is 18.0 Å². The van der Waals surface area contributed by atoms with Crippen LogP contribution in [0.5, 0.6) is 0 Å². The lowest BCUT2D eigenvalue weighted by Crippen LogP contribution is -2.36. The largest absolute Gasteiger partial charge is 0.453 e. The predicted molar refractivity (Wildman–Crippen MR) is 85.2 cm³/mol. The Kier molecular flexibility index (Phi) is 10.3. The van der Waals surface area contributed by atoms with E-state index in [-0.39, 0.29) is 12.1 Å². The number of nitrogens with zero attached hydrogens (tertiary/aromatic N) is 3. The third kappa shape index (κ3) is 7.13. The average molecular weight is 298 g/mol. The number of hydrogen-bond acceptors (Lipinski definition) is 4. The van der Waals surface area contributed by atoms with Gasteiger partial charge in [-0.15, -0.1) is 0 Å². The van der Waals surface area contributed by atoms with Gasteiger partial charge in [0.1, 0.15) is 0 Å². The maximum atomic E-state index is 11.0. The van der Waals surface area contributed by atoms with Gasteiger partial charge < -0.3 is 10.1 Å². The van der Waals surface area contributed by atoms with Crippen LogP contribution in [0.25, 0.3) is 0 Å². The van der Waals surface area contributed by atoms with Gasteiger partial charge in [0.2, 0.25) is 0 Å². The molecule has 0 aromatic carbocycles. The van der Waals surface area contributed by atoms with Crippen LogP contribution in [0.2, 0.25) is 0 Å². The Bertz CT molecular complexity index is 393. The van der Waals surface area contributed by atoms with Gasteiger partial charge in [-0.05, 0) is 19.5 Å². The lowest BCUT2D eigenvalue weighted by Gasteiger charge is -2.27. The SMILES string of the molecule is CCC.CCN(CCNC(=O)OC)C(C)c1ccnn1C. The second-order valence-electron chi connectivity index (χ2n) is 4.81. The molecule has 1 unspecified atom stereocenters. The third-order valence-electron chi connectivity index (χ3n) is 3.09. The molecule has 6 heteroatoms. The molecule has 1 amide bonds. The first-order chi connectivity index (χ1) is 10.0. The molecule has 1 N–H and O–H groups in total. The highest BCUT2D eigenvalue weighted by Gasteiger charge is 2.16. The van der Waals surface area contributed by atoms with Gasteiger partial charge in [-0.3, -0.25) is 9.58 Å². The van der Waals surface area contributed by atoms with Gasteiger partial charge in [0, 0.05) is 32.4 Å². The van der Waals surface area contributed by atoms with Crippen molar-refractivity contribution in [2.75, 3.05) is 26.7 Å². The summed E-state index contributed by atoms with van der Waals surface area (Å²) in [5.74, 6) is 0. The Morgan fingerprint density at radius 2 is 2.10 bits per heavy atom. The van der Waals surface area contributed by atoms with Crippen molar-refractivity contribution in [1.82, 2.24) is 20.0 Å². The minimum Gasteiger partial charge on any atom is -0.453 e. The summed E-state index contributed by atoms with van der Waals surface area (Å²) in [6.07, 6.45) is 2.66. The van der Waals surface area contributed by atoms with Crippen molar-refractivity contribution in [3.8, 4) is 0 Å². The van der Waals surface area contributed by atoms with Crippen LogP contribution in [0.4, 0.5) is 4.79 Å². The number of hydrogen-bond donors (Lipinski definition) is 1. The fraction of sp³-hybridized carbons (Fsp3) is 0.733. The van der Waals surface area contributed by atoms with Gasteiger partial charge in [0.15, 0.2) is 0 Å². The number of amides is 1. The van der Waals surface area contributed by atoms with Crippen molar-refractivity contribution in [2.45, 2.75) is 40.2 Å². The van der Waals surface area contributed by atoms with Gasteiger partial charge in [-0.2, -0.15) is 5.10 Å². The number of likely N-dealkylation sites (N-methyl/N-ethyl adjacent to an activating group) is 1. The summed E-state index contributed by atoms with van der Waals surface area (Å²) in [6.45, 7) is 10.7. The number of alkyl carbamates (subject to hydrolysis) is 1. The molecule has 122 valence electrons. The summed E-state index contributed by atoms with van der Waals surface area (Å²) in [4.78, 5) is 13.2. The van der Waals surface area contributed by atoms with Crippen LogP contribution in [0.1, 0.15) is 45.9 Å². The van der Waals surface area contributed by atoms with Crippen molar-refractivity contribution in [2.24, 2.45) is 7.05 Å². The summed E-state index contributed by atoms with van der Waals surface area (Å²) >= 11 is 0. The van der Waals surface area contributed by atoms with Gasteiger partial charge in [0.25, 0.3) is 0 Å². The molecule has 21 heavy (non-hydrogen) atoms. The number of methoxy groups -OCH3 is 1. The fourth-order valence-electron chi connectivity index (χ4n) is 1.98. The molecule has 1 atom stereocenters. The number of rotatable bonds is 6. The standard InChI is InChI=1S/C12H22N4O2.C3H8/c1-5-16(9-8-13-12(17)18-4)10(2)11-6-7-14-15(11)3;1-3-2/h6-7,10H,5,8-9H2,1-4H3,(H,13,17);3H2,1-2H3. The summed E-state index contributed by atoms with van der Waals surface area (Å²) < 4.78 is 6.41. The molecule has 0 aliphatic rings. The Morgan fingerprint density at radius 1 is 1.48 bits per heavy atom. The maximum absolute atomic E-state index is 11.0. The first-order valence-corrected chi connectivity index (χ1v) is 7.55. The van der Waals surface area contributed by atoms with E-state index in [1.807, 2.05) is 17.8 Å². The van der Waals surface area contributed by atoms with Crippen molar-refractivity contribution < 1.29 is 9.53 Å². The highest BCUT2D eigenvalue weighted by molar-refractivity contribution is 5.66. The van der Waals surface area contributed by atoms with E-state index in [4.69, 9.17) is 0 Å².